The van der Waals surface area contributed by atoms with Gasteiger partial charge in [-0.1, -0.05) is 25.6 Å². The summed E-state index contributed by atoms with van der Waals surface area (Å²) in [5.41, 5.74) is 1.10. The van der Waals surface area contributed by atoms with E-state index in [0.29, 0.717) is 6.42 Å². The molecule has 0 N–H and O–H groups in total. The number of nitrogens with zero attached hydrogens (tertiary/aromatic N) is 3. The smallest absolute Gasteiger partial charge is 0.228 e. The Morgan fingerprint density at radius 1 is 1.39 bits per heavy atom. The van der Waals surface area contributed by atoms with Crippen LogP contribution in [-0.4, -0.2) is 28.2 Å². The minimum absolute atomic E-state index is 0.196. The van der Waals surface area contributed by atoms with Gasteiger partial charge in [0.25, 0.3) is 0 Å². The first-order chi connectivity index (χ1) is 8.71. The maximum Gasteiger partial charge on any atom is 0.228 e. The van der Waals surface area contributed by atoms with E-state index < -0.39 is 0 Å². The molecular weight excluding hydrogens is 246 g/mol. The summed E-state index contributed by atoms with van der Waals surface area (Å²) < 4.78 is 0. The summed E-state index contributed by atoms with van der Waals surface area (Å²) in [7, 11) is 0. The lowest BCUT2D eigenvalue weighted by Gasteiger charge is -2.34. The van der Waals surface area contributed by atoms with Crippen molar-refractivity contribution in [3.63, 3.8) is 0 Å². The van der Waals surface area contributed by atoms with Crippen molar-refractivity contribution in [3.8, 4) is 0 Å². The highest BCUT2D eigenvalue weighted by molar-refractivity contribution is 7.98. The molecule has 0 unspecified atom stereocenters. The Kier molecular flexibility index (Phi) is 4.22. The molecule has 0 saturated carbocycles. The monoisotopic (exact) mass is 265 g/mol. The lowest BCUT2D eigenvalue weighted by Crippen LogP contribution is -2.43. The number of amides is 1. The zero-order chi connectivity index (χ0) is 13.1. The number of aromatic nitrogens is 2. The van der Waals surface area contributed by atoms with Crippen LogP contribution in [0.3, 0.4) is 0 Å². The van der Waals surface area contributed by atoms with E-state index in [4.69, 9.17) is 0 Å². The van der Waals surface area contributed by atoms with Crippen LogP contribution in [0.15, 0.2) is 11.4 Å². The second kappa shape index (κ2) is 5.69. The van der Waals surface area contributed by atoms with Crippen molar-refractivity contribution in [2.75, 3.05) is 11.2 Å². The van der Waals surface area contributed by atoms with Gasteiger partial charge in [0.15, 0.2) is 5.16 Å². The van der Waals surface area contributed by atoms with Crippen LogP contribution in [0, 0.1) is 0 Å². The lowest BCUT2D eigenvalue weighted by molar-refractivity contribution is -0.119. The van der Waals surface area contributed by atoms with Crippen LogP contribution in [0.4, 0.5) is 5.82 Å². The molecule has 1 aliphatic rings. The Balaban J connectivity index is 2.44. The molecule has 18 heavy (non-hydrogen) atoms. The summed E-state index contributed by atoms with van der Waals surface area (Å²) in [5, 5.41) is 0.736. The molecule has 98 valence electrons. The van der Waals surface area contributed by atoms with Gasteiger partial charge < -0.3 is 0 Å². The molecular formula is C13H19N3OS. The molecule has 0 bridgehead atoms. The average molecular weight is 265 g/mol. The fourth-order valence-corrected chi connectivity index (χ4v) is 2.71. The van der Waals surface area contributed by atoms with E-state index in [1.165, 1.54) is 11.8 Å². The molecule has 0 aliphatic carbocycles. The van der Waals surface area contributed by atoms with Gasteiger partial charge in [0.1, 0.15) is 5.82 Å². The van der Waals surface area contributed by atoms with Crippen LogP contribution in [-0.2, 0) is 11.2 Å². The van der Waals surface area contributed by atoms with Crippen LogP contribution < -0.4 is 4.90 Å². The van der Waals surface area contributed by atoms with Crippen molar-refractivity contribution >= 4 is 23.5 Å². The molecule has 4 nitrogen and oxygen atoms in total. The minimum atomic E-state index is 0.196. The molecule has 1 aromatic heterocycles. The number of carbonyl (C=O) groups excluding carboxylic acids is 1. The summed E-state index contributed by atoms with van der Waals surface area (Å²) in [6, 6.07) is 0.251. The van der Waals surface area contributed by atoms with Gasteiger partial charge >= 0.3 is 0 Å². The van der Waals surface area contributed by atoms with Crippen molar-refractivity contribution in [2.45, 2.75) is 50.7 Å². The highest BCUT2D eigenvalue weighted by Crippen LogP contribution is 2.30. The number of fused-ring (bicyclic) bond motifs is 1. The Morgan fingerprint density at radius 3 is 2.72 bits per heavy atom. The first-order valence-corrected chi connectivity index (χ1v) is 7.65. The maximum absolute atomic E-state index is 12.2. The van der Waals surface area contributed by atoms with E-state index in [1.54, 1.807) is 0 Å². The van der Waals surface area contributed by atoms with Crippen LogP contribution >= 0.6 is 11.8 Å². The maximum atomic E-state index is 12.2. The highest BCUT2D eigenvalue weighted by atomic mass is 32.2. The van der Waals surface area contributed by atoms with Crippen LogP contribution in [0.1, 0.15) is 38.7 Å². The second-order valence-electron chi connectivity index (χ2n) is 4.44. The fourth-order valence-electron chi connectivity index (χ4n) is 2.38. The summed E-state index contributed by atoms with van der Waals surface area (Å²) >= 11 is 1.51. The molecule has 1 aliphatic heterocycles. The third-order valence-corrected chi connectivity index (χ3v) is 3.98. The Labute approximate surface area is 112 Å². The third-order valence-electron chi connectivity index (χ3n) is 3.41. The standard InChI is InChI=1S/C13H19N3OS/c1-4-10(5-2)16-11(17)7-6-9-8-14-13(18-3)15-12(9)16/h8,10H,4-7H2,1-3H3. The highest BCUT2D eigenvalue weighted by Gasteiger charge is 2.30. The number of aryl methyl sites for hydroxylation is 1. The topological polar surface area (TPSA) is 46.1 Å². The number of thioether (sulfide) groups is 1. The zero-order valence-electron chi connectivity index (χ0n) is 11.1. The molecule has 0 aromatic carbocycles. The molecule has 2 rings (SSSR count). The molecule has 1 amide bonds. The fraction of sp³-hybridized carbons (Fsp3) is 0.615. The molecule has 5 heteroatoms. The van der Waals surface area contributed by atoms with E-state index >= 15 is 0 Å². The van der Waals surface area contributed by atoms with Crippen molar-refractivity contribution in [3.05, 3.63) is 11.8 Å². The average Bonchev–Trinajstić information content (AvgIpc) is 2.41. The van der Waals surface area contributed by atoms with Crippen LogP contribution in [0.2, 0.25) is 0 Å². The number of hydrogen-bond donors (Lipinski definition) is 0. The van der Waals surface area contributed by atoms with E-state index in [-0.39, 0.29) is 11.9 Å². The minimum Gasteiger partial charge on any atom is -0.293 e. The van der Waals surface area contributed by atoms with Crippen LogP contribution in [0.5, 0.6) is 0 Å². The van der Waals surface area contributed by atoms with Gasteiger partial charge in [-0.3, -0.25) is 9.69 Å². The van der Waals surface area contributed by atoms with E-state index in [9.17, 15) is 4.79 Å². The van der Waals surface area contributed by atoms with Gasteiger partial charge in [0.05, 0.1) is 0 Å². The Hall–Kier alpha value is -1.10. The normalized spacial score (nSPS) is 15.1. The van der Waals surface area contributed by atoms with Crippen molar-refractivity contribution in [1.29, 1.82) is 0 Å². The Bertz CT molecular complexity index is 446. The lowest BCUT2D eigenvalue weighted by atomic mass is 10.0. The summed E-state index contributed by atoms with van der Waals surface area (Å²) in [6.07, 6.45) is 7.08. The van der Waals surface area contributed by atoms with E-state index in [2.05, 4.69) is 23.8 Å². The summed E-state index contributed by atoms with van der Waals surface area (Å²) in [6.45, 7) is 4.23. The number of anilines is 1. The number of carbonyl (C=O) groups is 1. The molecule has 2 heterocycles. The first-order valence-electron chi connectivity index (χ1n) is 6.43. The largest absolute Gasteiger partial charge is 0.293 e. The van der Waals surface area contributed by atoms with E-state index in [1.807, 2.05) is 17.4 Å². The number of hydrogen-bond acceptors (Lipinski definition) is 4. The zero-order valence-corrected chi connectivity index (χ0v) is 12.0. The Morgan fingerprint density at radius 2 is 2.11 bits per heavy atom. The van der Waals surface area contributed by atoms with Crippen LogP contribution in [0.25, 0.3) is 0 Å². The number of rotatable bonds is 4. The third kappa shape index (κ3) is 2.36. The van der Waals surface area contributed by atoms with E-state index in [0.717, 1.165) is 35.8 Å². The molecule has 0 atom stereocenters. The molecule has 0 radical (unpaired) electrons. The quantitative estimate of drug-likeness (QED) is 0.620. The molecule has 1 aromatic rings. The van der Waals surface area contributed by atoms with Gasteiger partial charge in [-0.15, -0.1) is 0 Å². The second-order valence-corrected chi connectivity index (χ2v) is 5.21. The molecule has 0 fully saturated rings. The summed E-state index contributed by atoms with van der Waals surface area (Å²) in [5.74, 6) is 1.03. The molecule has 0 spiro atoms. The predicted octanol–water partition coefficient (Wildman–Crippen LogP) is 2.67. The summed E-state index contributed by atoms with van der Waals surface area (Å²) in [4.78, 5) is 22.9. The molecule has 0 saturated heterocycles. The van der Waals surface area contributed by atoms with Crippen molar-refractivity contribution in [2.24, 2.45) is 0 Å². The van der Waals surface area contributed by atoms with Gasteiger partial charge in [-0.25, -0.2) is 9.97 Å². The van der Waals surface area contributed by atoms with Gasteiger partial charge in [-0.05, 0) is 25.5 Å². The van der Waals surface area contributed by atoms with Crippen molar-refractivity contribution in [1.82, 2.24) is 9.97 Å². The first kappa shape index (κ1) is 13.3. The SMILES string of the molecule is CCC(CC)N1C(=O)CCc2cnc(SC)nc21. The van der Waals surface area contributed by atoms with Gasteiger partial charge in [0, 0.05) is 24.2 Å². The van der Waals surface area contributed by atoms with Crippen molar-refractivity contribution < 1.29 is 4.79 Å². The van der Waals surface area contributed by atoms with Gasteiger partial charge in [0.2, 0.25) is 5.91 Å². The van der Waals surface area contributed by atoms with Gasteiger partial charge in [-0.2, -0.15) is 0 Å². The predicted molar refractivity (Wildman–Crippen MR) is 74.0 cm³/mol.